The maximum absolute atomic E-state index is 13.2. The Bertz CT molecular complexity index is 542. The van der Waals surface area contributed by atoms with Crippen molar-refractivity contribution in [2.24, 2.45) is 0 Å². The topological polar surface area (TPSA) is 37.0 Å². The van der Waals surface area contributed by atoms with Crippen molar-refractivity contribution in [3.05, 3.63) is 54.0 Å². The molecule has 2 rings (SSSR count). The first-order chi connectivity index (χ1) is 9.19. The number of pyridine rings is 1. The van der Waals surface area contributed by atoms with Crippen LogP contribution in [0.25, 0.3) is 0 Å². The number of aromatic nitrogens is 1. The summed E-state index contributed by atoms with van der Waals surface area (Å²) in [5, 5.41) is 6.50. The predicted molar refractivity (Wildman–Crippen MR) is 76.8 cm³/mol. The highest BCUT2D eigenvalue weighted by Gasteiger charge is 2.06. The van der Waals surface area contributed by atoms with Crippen LogP contribution in [0.4, 0.5) is 15.9 Å². The van der Waals surface area contributed by atoms with Gasteiger partial charge in [0, 0.05) is 30.5 Å². The van der Waals surface area contributed by atoms with E-state index in [-0.39, 0.29) is 11.9 Å². The van der Waals surface area contributed by atoms with E-state index in [0.717, 1.165) is 23.6 Å². The molecule has 1 unspecified atom stereocenters. The normalized spacial score (nSPS) is 11.9. The molecule has 1 heterocycles. The van der Waals surface area contributed by atoms with Gasteiger partial charge in [0.25, 0.3) is 0 Å². The smallest absolute Gasteiger partial charge is 0.127 e. The van der Waals surface area contributed by atoms with E-state index in [9.17, 15) is 4.39 Å². The van der Waals surface area contributed by atoms with Crippen molar-refractivity contribution in [3.8, 4) is 0 Å². The van der Waals surface area contributed by atoms with Crippen LogP contribution >= 0.6 is 0 Å². The maximum Gasteiger partial charge on any atom is 0.127 e. The van der Waals surface area contributed by atoms with Gasteiger partial charge >= 0.3 is 0 Å². The molecule has 0 radical (unpaired) electrons. The standard InChI is InChI=1S/C15H18FN3/c1-3-17-15-10-14(7-8-18-15)19-11(2)12-5-4-6-13(16)9-12/h4-11H,3H2,1-2H3,(H2,17,18,19). The minimum atomic E-state index is -0.214. The van der Waals surface area contributed by atoms with Crippen LogP contribution in [-0.4, -0.2) is 11.5 Å². The quantitative estimate of drug-likeness (QED) is 0.857. The van der Waals surface area contributed by atoms with Gasteiger partial charge in [-0.05, 0) is 37.6 Å². The SMILES string of the molecule is CCNc1cc(NC(C)c2cccc(F)c2)ccn1. The Hall–Kier alpha value is -2.10. The second-order valence-corrected chi connectivity index (χ2v) is 4.38. The lowest BCUT2D eigenvalue weighted by atomic mass is 10.1. The molecule has 3 nitrogen and oxygen atoms in total. The van der Waals surface area contributed by atoms with Crippen molar-refractivity contribution in [2.45, 2.75) is 19.9 Å². The molecule has 0 saturated carbocycles. The third-order valence-electron chi connectivity index (χ3n) is 2.85. The molecule has 2 aromatic rings. The average molecular weight is 259 g/mol. The van der Waals surface area contributed by atoms with Crippen LogP contribution in [0.15, 0.2) is 42.6 Å². The van der Waals surface area contributed by atoms with Crippen LogP contribution in [0.5, 0.6) is 0 Å². The van der Waals surface area contributed by atoms with Crippen molar-refractivity contribution in [3.63, 3.8) is 0 Å². The van der Waals surface area contributed by atoms with Gasteiger partial charge in [-0.25, -0.2) is 9.37 Å². The van der Waals surface area contributed by atoms with Gasteiger partial charge in [0.05, 0.1) is 0 Å². The van der Waals surface area contributed by atoms with E-state index in [4.69, 9.17) is 0 Å². The summed E-state index contributed by atoms with van der Waals surface area (Å²) in [6.45, 7) is 4.86. The summed E-state index contributed by atoms with van der Waals surface area (Å²) in [6.07, 6.45) is 1.75. The molecule has 1 aromatic heterocycles. The lowest BCUT2D eigenvalue weighted by Gasteiger charge is -2.16. The molecular formula is C15H18FN3. The number of hydrogen-bond donors (Lipinski definition) is 2. The van der Waals surface area contributed by atoms with Crippen molar-refractivity contribution in [1.82, 2.24) is 4.98 Å². The fraction of sp³-hybridized carbons (Fsp3) is 0.267. The van der Waals surface area contributed by atoms with E-state index >= 15 is 0 Å². The summed E-state index contributed by atoms with van der Waals surface area (Å²) in [7, 11) is 0. The van der Waals surface area contributed by atoms with Crippen LogP contribution < -0.4 is 10.6 Å². The number of hydrogen-bond acceptors (Lipinski definition) is 3. The third-order valence-corrected chi connectivity index (χ3v) is 2.85. The largest absolute Gasteiger partial charge is 0.378 e. The van der Waals surface area contributed by atoms with Gasteiger partial charge in [-0.1, -0.05) is 12.1 Å². The number of nitrogens with one attached hydrogen (secondary N) is 2. The molecule has 0 aliphatic rings. The Morgan fingerprint density at radius 2 is 2.11 bits per heavy atom. The highest BCUT2D eigenvalue weighted by Crippen LogP contribution is 2.21. The van der Waals surface area contributed by atoms with E-state index < -0.39 is 0 Å². The zero-order valence-corrected chi connectivity index (χ0v) is 11.2. The van der Waals surface area contributed by atoms with Crippen LogP contribution in [-0.2, 0) is 0 Å². The summed E-state index contributed by atoms with van der Waals surface area (Å²) in [5.74, 6) is 0.619. The second kappa shape index (κ2) is 6.18. The molecule has 2 N–H and O–H groups in total. The zero-order valence-electron chi connectivity index (χ0n) is 11.2. The molecule has 19 heavy (non-hydrogen) atoms. The van der Waals surface area contributed by atoms with E-state index in [1.807, 2.05) is 32.0 Å². The van der Waals surface area contributed by atoms with Gasteiger partial charge in [0.15, 0.2) is 0 Å². The first kappa shape index (κ1) is 13.3. The fourth-order valence-corrected chi connectivity index (χ4v) is 1.91. The number of nitrogens with zero attached hydrogens (tertiary/aromatic N) is 1. The average Bonchev–Trinajstić information content (AvgIpc) is 2.39. The van der Waals surface area contributed by atoms with Gasteiger partial charge in [-0.3, -0.25) is 0 Å². The zero-order chi connectivity index (χ0) is 13.7. The monoisotopic (exact) mass is 259 g/mol. The van der Waals surface area contributed by atoms with Crippen LogP contribution in [0.2, 0.25) is 0 Å². The highest BCUT2D eigenvalue weighted by atomic mass is 19.1. The Kier molecular flexibility index (Phi) is 4.34. The first-order valence-corrected chi connectivity index (χ1v) is 6.41. The molecule has 0 aliphatic carbocycles. The van der Waals surface area contributed by atoms with Gasteiger partial charge in [0.1, 0.15) is 11.6 Å². The molecule has 0 fully saturated rings. The predicted octanol–water partition coefficient (Wildman–Crippen LogP) is 3.83. The van der Waals surface area contributed by atoms with E-state index in [0.29, 0.717) is 0 Å². The first-order valence-electron chi connectivity index (χ1n) is 6.41. The van der Waals surface area contributed by atoms with Crippen molar-refractivity contribution < 1.29 is 4.39 Å². The summed E-state index contributed by atoms with van der Waals surface area (Å²) in [5.41, 5.74) is 1.88. The Morgan fingerprint density at radius 3 is 2.84 bits per heavy atom. The molecule has 1 atom stereocenters. The summed E-state index contributed by atoms with van der Waals surface area (Å²) in [6, 6.07) is 10.5. The summed E-state index contributed by atoms with van der Waals surface area (Å²) in [4.78, 5) is 4.21. The van der Waals surface area contributed by atoms with Gasteiger partial charge in [0.2, 0.25) is 0 Å². The van der Waals surface area contributed by atoms with Gasteiger partial charge in [-0.15, -0.1) is 0 Å². The minimum Gasteiger partial charge on any atom is -0.378 e. The van der Waals surface area contributed by atoms with Gasteiger partial charge < -0.3 is 10.6 Å². The second-order valence-electron chi connectivity index (χ2n) is 4.38. The molecule has 0 spiro atoms. The molecule has 1 aromatic carbocycles. The molecule has 0 aliphatic heterocycles. The van der Waals surface area contributed by atoms with Crippen LogP contribution in [0, 0.1) is 5.82 Å². The Labute approximate surface area is 112 Å². The van der Waals surface area contributed by atoms with Crippen molar-refractivity contribution >= 4 is 11.5 Å². The van der Waals surface area contributed by atoms with Gasteiger partial charge in [-0.2, -0.15) is 0 Å². The number of halogens is 1. The minimum absolute atomic E-state index is 0.0348. The maximum atomic E-state index is 13.2. The number of anilines is 2. The lowest BCUT2D eigenvalue weighted by Crippen LogP contribution is -2.07. The highest BCUT2D eigenvalue weighted by molar-refractivity contribution is 5.52. The summed E-state index contributed by atoms with van der Waals surface area (Å²) < 4.78 is 13.2. The third kappa shape index (κ3) is 3.68. The van der Waals surface area contributed by atoms with E-state index in [2.05, 4.69) is 15.6 Å². The molecule has 4 heteroatoms. The van der Waals surface area contributed by atoms with Crippen molar-refractivity contribution in [2.75, 3.05) is 17.2 Å². The molecular weight excluding hydrogens is 241 g/mol. The summed E-state index contributed by atoms with van der Waals surface area (Å²) >= 11 is 0. The molecule has 0 bridgehead atoms. The van der Waals surface area contributed by atoms with E-state index in [1.165, 1.54) is 6.07 Å². The number of benzene rings is 1. The number of rotatable bonds is 5. The van der Waals surface area contributed by atoms with Crippen LogP contribution in [0.1, 0.15) is 25.5 Å². The fourth-order valence-electron chi connectivity index (χ4n) is 1.91. The lowest BCUT2D eigenvalue weighted by molar-refractivity contribution is 0.623. The van der Waals surface area contributed by atoms with Crippen molar-refractivity contribution in [1.29, 1.82) is 0 Å². The van der Waals surface area contributed by atoms with E-state index in [1.54, 1.807) is 18.3 Å². The molecule has 0 saturated heterocycles. The van der Waals surface area contributed by atoms with Crippen LogP contribution in [0.3, 0.4) is 0 Å². The molecule has 100 valence electrons. The Morgan fingerprint density at radius 1 is 1.26 bits per heavy atom. The molecule has 0 amide bonds. The Balaban J connectivity index is 2.10.